The van der Waals surface area contributed by atoms with Crippen molar-refractivity contribution in [3.63, 3.8) is 0 Å². The smallest absolute Gasteiger partial charge is 0.0589 e. The topological polar surface area (TPSA) is 23.5 Å². The van der Waals surface area contributed by atoms with Gasteiger partial charge in [-0.15, -0.1) is 0 Å². The van der Waals surface area contributed by atoms with Crippen LogP contribution in [0.1, 0.15) is 20.8 Å². The second-order valence-electron chi connectivity index (χ2n) is 3.79. The first-order valence-electron chi connectivity index (χ1n) is 5.07. The molecular weight excluding hydrogens is 150 g/mol. The average molecular weight is 171 g/mol. The Kier molecular flexibility index (Phi) is 3.13. The maximum Gasteiger partial charge on any atom is 0.0589 e. The first kappa shape index (κ1) is 10.0. The van der Waals surface area contributed by atoms with Crippen LogP contribution in [0, 0.1) is 17.8 Å². The Balaban J connectivity index is 0.000000336. The van der Waals surface area contributed by atoms with Crippen LogP contribution in [0.4, 0.5) is 0 Å². The first-order valence-corrected chi connectivity index (χ1v) is 5.07. The Morgan fingerprint density at radius 2 is 2.00 bits per heavy atom. The molecule has 1 aliphatic carbocycles. The zero-order valence-electron chi connectivity index (χ0n) is 8.62. The van der Waals surface area contributed by atoms with Crippen molar-refractivity contribution in [1.82, 2.24) is 4.90 Å². The van der Waals surface area contributed by atoms with Crippen LogP contribution in [0.25, 0.3) is 0 Å². The number of aliphatic hydroxyl groups excluding tert-OH is 1. The van der Waals surface area contributed by atoms with Crippen LogP contribution >= 0.6 is 0 Å². The van der Waals surface area contributed by atoms with Gasteiger partial charge in [0.2, 0.25) is 0 Å². The molecule has 12 heavy (non-hydrogen) atoms. The first-order chi connectivity index (χ1) is 5.75. The molecule has 1 saturated carbocycles. The lowest BCUT2D eigenvalue weighted by atomic mass is 10.2. The summed E-state index contributed by atoms with van der Waals surface area (Å²) in [6.45, 7) is 7.85. The minimum atomic E-state index is 0.349. The predicted molar refractivity (Wildman–Crippen MR) is 51.0 cm³/mol. The van der Waals surface area contributed by atoms with Crippen LogP contribution in [0.5, 0.6) is 0 Å². The molecule has 1 saturated heterocycles. The van der Waals surface area contributed by atoms with Gasteiger partial charge in [0.1, 0.15) is 0 Å². The van der Waals surface area contributed by atoms with Crippen molar-refractivity contribution in [2.24, 2.45) is 17.8 Å². The van der Waals surface area contributed by atoms with E-state index in [9.17, 15) is 0 Å². The molecule has 0 spiro atoms. The van der Waals surface area contributed by atoms with Crippen LogP contribution in [0.2, 0.25) is 0 Å². The van der Waals surface area contributed by atoms with Gasteiger partial charge in [-0.1, -0.05) is 20.8 Å². The Labute approximate surface area is 75.6 Å². The van der Waals surface area contributed by atoms with Gasteiger partial charge >= 0.3 is 0 Å². The number of rotatable bonds is 1. The molecule has 2 heteroatoms. The maximum atomic E-state index is 9.01. The molecular formula is C10H21NO. The van der Waals surface area contributed by atoms with E-state index in [1.807, 2.05) is 13.8 Å². The van der Waals surface area contributed by atoms with E-state index in [1.54, 1.807) is 0 Å². The molecule has 2 rings (SSSR count). The summed E-state index contributed by atoms with van der Waals surface area (Å²) in [5.41, 5.74) is 0. The third kappa shape index (κ3) is 1.38. The summed E-state index contributed by atoms with van der Waals surface area (Å²) in [4.78, 5) is 2.29. The van der Waals surface area contributed by atoms with Gasteiger partial charge in [0.25, 0.3) is 0 Å². The van der Waals surface area contributed by atoms with Crippen molar-refractivity contribution in [3.05, 3.63) is 0 Å². The fourth-order valence-corrected chi connectivity index (χ4v) is 2.53. The third-order valence-electron chi connectivity index (χ3n) is 3.33. The molecule has 0 bridgehead atoms. The van der Waals surface area contributed by atoms with Gasteiger partial charge in [-0.05, 0) is 24.8 Å². The zero-order chi connectivity index (χ0) is 9.30. The summed E-state index contributed by atoms with van der Waals surface area (Å²) in [6, 6.07) is 0.472. The van der Waals surface area contributed by atoms with Gasteiger partial charge in [-0.2, -0.15) is 0 Å². The fraction of sp³-hybridized carbons (Fsp3) is 1.00. The van der Waals surface area contributed by atoms with Crippen molar-refractivity contribution >= 4 is 0 Å². The summed E-state index contributed by atoms with van der Waals surface area (Å²) in [5.74, 6) is 2.60. The number of aliphatic hydroxyl groups is 1. The third-order valence-corrected chi connectivity index (χ3v) is 3.33. The summed E-state index contributed by atoms with van der Waals surface area (Å²) >= 11 is 0. The van der Waals surface area contributed by atoms with Crippen LogP contribution in [0.3, 0.4) is 0 Å². The minimum Gasteiger partial charge on any atom is -0.395 e. The second-order valence-corrected chi connectivity index (χ2v) is 3.79. The molecule has 0 aromatic rings. The quantitative estimate of drug-likeness (QED) is 0.641. The van der Waals surface area contributed by atoms with E-state index < -0.39 is 0 Å². The molecule has 1 N–H and O–H groups in total. The molecule has 2 fully saturated rings. The Morgan fingerprint density at radius 1 is 1.42 bits per heavy atom. The second kappa shape index (κ2) is 3.75. The number of hydrogen-bond donors (Lipinski definition) is 1. The Hall–Kier alpha value is -0.0800. The number of likely N-dealkylation sites (N-methyl/N-ethyl adjacent to an activating group) is 1. The average Bonchev–Trinajstić information content (AvgIpc) is 2.61. The van der Waals surface area contributed by atoms with E-state index >= 15 is 0 Å². The number of nitrogens with zero attached hydrogens (tertiary/aromatic N) is 1. The molecule has 72 valence electrons. The van der Waals surface area contributed by atoms with Crippen LogP contribution in [0.15, 0.2) is 0 Å². The molecule has 0 amide bonds. The summed E-state index contributed by atoms with van der Waals surface area (Å²) < 4.78 is 0. The summed E-state index contributed by atoms with van der Waals surface area (Å²) in [6.07, 6.45) is 0. The lowest BCUT2D eigenvalue weighted by Crippen LogP contribution is -2.33. The van der Waals surface area contributed by atoms with Crippen molar-refractivity contribution < 1.29 is 5.11 Å². The van der Waals surface area contributed by atoms with Gasteiger partial charge in [0.05, 0.1) is 6.61 Å². The highest BCUT2D eigenvalue weighted by atomic mass is 16.3. The van der Waals surface area contributed by atoms with Crippen molar-refractivity contribution in [1.29, 1.82) is 0 Å². The molecule has 0 radical (unpaired) electrons. The monoisotopic (exact) mass is 171 g/mol. The Bertz CT molecular complexity index is 149. The molecule has 0 aromatic carbocycles. The van der Waals surface area contributed by atoms with Crippen molar-refractivity contribution in [3.8, 4) is 0 Å². The van der Waals surface area contributed by atoms with Crippen molar-refractivity contribution in [2.45, 2.75) is 26.8 Å². The largest absolute Gasteiger partial charge is 0.395 e. The highest BCUT2D eigenvalue weighted by Gasteiger charge is 2.57. The number of hydrogen-bond acceptors (Lipinski definition) is 2. The molecule has 4 atom stereocenters. The molecule has 0 aromatic heterocycles. The SMILES string of the molecule is CC.CC1C2CN(C)[C@H](CO)C12. The Morgan fingerprint density at radius 3 is 2.33 bits per heavy atom. The highest BCUT2D eigenvalue weighted by molar-refractivity contribution is 5.07. The minimum absolute atomic E-state index is 0.349. The fourth-order valence-electron chi connectivity index (χ4n) is 2.53. The van der Waals surface area contributed by atoms with E-state index in [2.05, 4.69) is 18.9 Å². The highest BCUT2D eigenvalue weighted by Crippen LogP contribution is 2.54. The van der Waals surface area contributed by atoms with Gasteiger partial charge in [-0.3, -0.25) is 0 Å². The lowest BCUT2D eigenvalue weighted by Gasteiger charge is -2.21. The van der Waals surface area contributed by atoms with Gasteiger partial charge in [0.15, 0.2) is 0 Å². The molecule has 3 unspecified atom stereocenters. The van der Waals surface area contributed by atoms with Crippen LogP contribution in [-0.2, 0) is 0 Å². The number of fused-ring (bicyclic) bond motifs is 1. The normalized spacial score (nSPS) is 44.8. The van der Waals surface area contributed by atoms with Gasteiger partial charge in [0, 0.05) is 12.6 Å². The van der Waals surface area contributed by atoms with E-state index in [1.165, 1.54) is 6.54 Å². The summed E-state index contributed by atoms with van der Waals surface area (Å²) in [5, 5.41) is 9.01. The summed E-state index contributed by atoms with van der Waals surface area (Å²) in [7, 11) is 2.11. The molecule has 2 aliphatic rings. The van der Waals surface area contributed by atoms with E-state index in [0.29, 0.717) is 12.6 Å². The molecule has 1 heterocycles. The standard InChI is InChI=1S/C8H15NO.C2H6/c1-5-6-3-9(2)7(4-10)8(5)6;1-2/h5-8,10H,3-4H2,1-2H3;1-2H3/t5?,6?,7-,8?;/m1./s1. The van der Waals surface area contributed by atoms with E-state index in [-0.39, 0.29) is 0 Å². The lowest BCUT2D eigenvalue weighted by molar-refractivity contribution is 0.152. The van der Waals surface area contributed by atoms with Crippen molar-refractivity contribution in [2.75, 3.05) is 20.2 Å². The van der Waals surface area contributed by atoms with E-state index in [4.69, 9.17) is 5.11 Å². The zero-order valence-corrected chi connectivity index (χ0v) is 8.62. The number of likely N-dealkylation sites (tertiary alicyclic amines) is 1. The molecule has 1 aliphatic heterocycles. The maximum absolute atomic E-state index is 9.01. The van der Waals surface area contributed by atoms with Gasteiger partial charge < -0.3 is 10.0 Å². The van der Waals surface area contributed by atoms with E-state index in [0.717, 1.165) is 17.8 Å². The molecule has 2 nitrogen and oxygen atoms in total. The predicted octanol–water partition coefficient (Wildman–Crippen LogP) is 1.20. The van der Waals surface area contributed by atoms with Crippen LogP contribution in [-0.4, -0.2) is 36.2 Å². The number of piperidine rings is 1. The van der Waals surface area contributed by atoms with Gasteiger partial charge in [-0.25, -0.2) is 0 Å². The van der Waals surface area contributed by atoms with Crippen LogP contribution < -0.4 is 0 Å².